The molecule has 0 fully saturated rings. The maximum absolute atomic E-state index is 13.2. The molecule has 2 aromatic heterocycles. The molecule has 1 aromatic carbocycles. The van der Waals surface area contributed by atoms with Crippen LogP contribution in [0.25, 0.3) is 10.7 Å². The normalized spacial score (nSPS) is 10.8. The average Bonchev–Trinajstić information content (AvgIpc) is 3.04. The van der Waals surface area contributed by atoms with Crippen LogP contribution >= 0.6 is 27.3 Å². The summed E-state index contributed by atoms with van der Waals surface area (Å²) in [5.41, 5.74) is 1.03. The lowest BCUT2D eigenvalue weighted by Gasteiger charge is -2.07. The van der Waals surface area contributed by atoms with Gasteiger partial charge in [-0.15, -0.1) is 11.3 Å². The van der Waals surface area contributed by atoms with Crippen molar-refractivity contribution >= 4 is 27.3 Å². The minimum absolute atomic E-state index is 0.243. The monoisotopic (exact) mass is 336 g/mol. The molecule has 2 heterocycles. The summed E-state index contributed by atoms with van der Waals surface area (Å²) in [6.07, 6.45) is 3.72. The molecule has 0 N–H and O–H groups in total. The van der Waals surface area contributed by atoms with Crippen molar-refractivity contribution in [1.29, 1.82) is 0 Å². The lowest BCUT2D eigenvalue weighted by Crippen LogP contribution is -2.00. The second-order valence-corrected chi connectivity index (χ2v) is 5.91. The van der Waals surface area contributed by atoms with Crippen molar-refractivity contribution in [3.63, 3.8) is 0 Å². The number of halogens is 2. The first kappa shape index (κ1) is 12.6. The van der Waals surface area contributed by atoms with Crippen molar-refractivity contribution in [1.82, 2.24) is 9.55 Å². The van der Waals surface area contributed by atoms with Crippen LogP contribution < -0.4 is 0 Å². The molecule has 19 heavy (non-hydrogen) atoms. The number of benzene rings is 1. The third kappa shape index (κ3) is 2.62. The van der Waals surface area contributed by atoms with Gasteiger partial charge in [-0.3, -0.25) is 0 Å². The molecule has 0 aliphatic rings. The molecule has 0 bridgehead atoms. The van der Waals surface area contributed by atoms with Gasteiger partial charge in [-0.05, 0) is 45.1 Å². The Balaban J connectivity index is 1.92. The van der Waals surface area contributed by atoms with E-state index in [0.717, 1.165) is 16.3 Å². The van der Waals surface area contributed by atoms with E-state index in [1.807, 2.05) is 23.7 Å². The van der Waals surface area contributed by atoms with Crippen molar-refractivity contribution < 1.29 is 4.39 Å². The van der Waals surface area contributed by atoms with E-state index in [1.165, 1.54) is 6.07 Å². The first-order chi connectivity index (χ1) is 9.24. The highest BCUT2D eigenvalue weighted by Gasteiger charge is 2.08. The Labute approximate surface area is 122 Å². The van der Waals surface area contributed by atoms with Crippen molar-refractivity contribution in [2.24, 2.45) is 0 Å². The lowest BCUT2D eigenvalue weighted by atomic mass is 10.2. The fourth-order valence-corrected chi connectivity index (χ4v) is 3.06. The van der Waals surface area contributed by atoms with Crippen LogP contribution in [0.2, 0.25) is 0 Å². The zero-order chi connectivity index (χ0) is 13.2. The van der Waals surface area contributed by atoms with E-state index in [2.05, 4.69) is 25.5 Å². The standard InChI is InChI=1S/C14H10BrFN2S/c15-11-8-10(3-4-12(11)16)9-18-6-5-17-14(18)13-2-1-7-19-13/h1-8H,9H2. The van der Waals surface area contributed by atoms with Crippen LogP contribution in [0.1, 0.15) is 5.56 Å². The zero-order valence-electron chi connectivity index (χ0n) is 9.88. The molecular formula is C14H10BrFN2S. The van der Waals surface area contributed by atoms with Crippen LogP contribution in [0.3, 0.4) is 0 Å². The Morgan fingerprint density at radius 1 is 1.32 bits per heavy atom. The van der Waals surface area contributed by atoms with Crippen LogP contribution in [0.4, 0.5) is 4.39 Å². The molecular weight excluding hydrogens is 327 g/mol. The van der Waals surface area contributed by atoms with Crippen molar-refractivity contribution in [3.05, 3.63) is 64.0 Å². The van der Waals surface area contributed by atoms with Gasteiger partial charge < -0.3 is 4.57 Å². The highest BCUT2D eigenvalue weighted by atomic mass is 79.9. The minimum atomic E-state index is -0.243. The van der Waals surface area contributed by atoms with Gasteiger partial charge in [0.05, 0.1) is 9.35 Å². The summed E-state index contributed by atoms with van der Waals surface area (Å²) in [6.45, 7) is 0.673. The van der Waals surface area contributed by atoms with Crippen LogP contribution in [0, 0.1) is 5.82 Å². The molecule has 0 aliphatic carbocycles. The largest absolute Gasteiger partial charge is 0.326 e. The van der Waals surface area contributed by atoms with Crippen molar-refractivity contribution in [2.45, 2.75) is 6.54 Å². The van der Waals surface area contributed by atoms with E-state index in [9.17, 15) is 4.39 Å². The summed E-state index contributed by atoms with van der Waals surface area (Å²) in [7, 11) is 0. The van der Waals surface area contributed by atoms with Gasteiger partial charge in [0.1, 0.15) is 11.6 Å². The summed E-state index contributed by atoms with van der Waals surface area (Å²) in [5.74, 6) is 0.698. The highest BCUT2D eigenvalue weighted by Crippen LogP contribution is 2.24. The van der Waals surface area contributed by atoms with Gasteiger partial charge in [0.15, 0.2) is 0 Å². The maximum Gasteiger partial charge on any atom is 0.150 e. The van der Waals surface area contributed by atoms with Gasteiger partial charge >= 0.3 is 0 Å². The molecule has 96 valence electrons. The molecule has 3 rings (SSSR count). The minimum Gasteiger partial charge on any atom is -0.326 e. The third-order valence-electron chi connectivity index (χ3n) is 2.79. The molecule has 2 nitrogen and oxygen atoms in total. The number of nitrogens with zero attached hydrogens (tertiary/aromatic N) is 2. The Morgan fingerprint density at radius 2 is 2.21 bits per heavy atom. The van der Waals surface area contributed by atoms with Crippen LogP contribution in [-0.2, 0) is 6.54 Å². The van der Waals surface area contributed by atoms with E-state index in [4.69, 9.17) is 0 Å². The Hall–Kier alpha value is -1.46. The quantitative estimate of drug-likeness (QED) is 0.685. The third-order valence-corrected chi connectivity index (χ3v) is 4.27. The number of hydrogen-bond donors (Lipinski definition) is 0. The highest BCUT2D eigenvalue weighted by molar-refractivity contribution is 9.10. The average molecular weight is 337 g/mol. The van der Waals surface area contributed by atoms with Crippen molar-refractivity contribution in [2.75, 3.05) is 0 Å². The number of aromatic nitrogens is 2. The summed E-state index contributed by atoms with van der Waals surface area (Å²) in [5, 5.41) is 2.03. The van der Waals surface area contributed by atoms with E-state index < -0.39 is 0 Å². The molecule has 5 heteroatoms. The Morgan fingerprint density at radius 3 is 2.95 bits per heavy atom. The fraction of sp³-hybridized carbons (Fsp3) is 0.0714. The van der Waals surface area contributed by atoms with Gasteiger partial charge in [0.25, 0.3) is 0 Å². The van der Waals surface area contributed by atoms with Gasteiger partial charge in [0, 0.05) is 18.9 Å². The summed E-state index contributed by atoms with van der Waals surface area (Å²) >= 11 is 4.87. The fourth-order valence-electron chi connectivity index (χ4n) is 1.90. The molecule has 0 saturated heterocycles. The lowest BCUT2D eigenvalue weighted by molar-refractivity contribution is 0.619. The first-order valence-electron chi connectivity index (χ1n) is 5.73. The molecule has 0 saturated carbocycles. The topological polar surface area (TPSA) is 17.8 Å². The van der Waals surface area contributed by atoms with Crippen molar-refractivity contribution in [3.8, 4) is 10.7 Å². The van der Waals surface area contributed by atoms with Crippen LogP contribution in [-0.4, -0.2) is 9.55 Å². The summed E-state index contributed by atoms with van der Waals surface area (Å²) in [4.78, 5) is 5.51. The zero-order valence-corrected chi connectivity index (χ0v) is 12.3. The maximum atomic E-state index is 13.2. The molecule has 0 spiro atoms. The summed E-state index contributed by atoms with van der Waals surface area (Å²) < 4.78 is 15.8. The number of rotatable bonds is 3. The van der Waals surface area contributed by atoms with Gasteiger partial charge in [-0.25, -0.2) is 9.37 Å². The first-order valence-corrected chi connectivity index (χ1v) is 7.40. The Bertz CT molecular complexity index is 691. The molecule has 3 aromatic rings. The molecule has 0 aliphatic heterocycles. The molecule has 0 amide bonds. The predicted octanol–water partition coefficient (Wildman–Crippen LogP) is 4.56. The van der Waals surface area contributed by atoms with E-state index in [-0.39, 0.29) is 5.82 Å². The van der Waals surface area contributed by atoms with Crippen LogP contribution in [0.15, 0.2) is 52.6 Å². The number of thiophene rings is 1. The Kier molecular flexibility index (Phi) is 3.48. The predicted molar refractivity (Wildman–Crippen MR) is 78.7 cm³/mol. The smallest absolute Gasteiger partial charge is 0.150 e. The molecule has 0 atom stereocenters. The molecule has 0 unspecified atom stereocenters. The summed E-state index contributed by atoms with van der Waals surface area (Å²) in [6, 6.07) is 9.12. The van der Waals surface area contributed by atoms with E-state index in [0.29, 0.717) is 11.0 Å². The van der Waals surface area contributed by atoms with Gasteiger partial charge in [-0.1, -0.05) is 12.1 Å². The van der Waals surface area contributed by atoms with Gasteiger partial charge in [0.2, 0.25) is 0 Å². The van der Waals surface area contributed by atoms with E-state index >= 15 is 0 Å². The number of imidazole rings is 1. The SMILES string of the molecule is Fc1ccc(Cn2ccnc2-c2cccs2)cc1Br. The van der Waals surface area contributed by atoms with Crippen LogP contribution in [0.5, 0.6) is 0 Å². The van der Waals surface area contributed by atoms with E-state index in [1.54, 1.807) is 29.7 Å². The van der Waals surface area contributed by atoms with Gasteiger partial charge in [-0.2, -0.15) is 0 Å². The second-order valence-electron chi connectivity index (χ2n) is 4.10. The second kappa shape index (κ2) is 5.27. The number of hydrogen-bond acceptors (Lipinski definition) is 2. The molecule has 0 radical (unpaired) electrons.